The molecule has 0 heterocycles. The van der Waals surface area contributed by atoms with Crippen LogP contribution >= 0.6 is 0 Å². The van der Waals surface area contributed by atoms with Crippen LogP contribution in [0.4, 0.5) is 0 Å². The van der Waals surface area contributed by atoms with Crippen molar-refractivity contribution in [2.24, 2.45) is 0 Å². The molecule has 0 saturated carbocycles. The molecule has 0 aromatic heterocycles. The van der Waals surface area contributed by atoms with E-state index < -0.39 is 6.10 Å². The molecule has 1 atom stereocenters. The molecule has 0 spiro atoms. The van der Waals surface area contributed by atoms with E-state index in [9.17, 15) is 4.79 Å². The lowest BCUT2D eigenvalue weighted by atomic mass is 9.92. The Bertz CT molecular complexity index is 783. The van der Waals surface area contributed by atoms with Gasteiger partial charge in [0.1, 0.15) is 11.5 Å². The van der Waals surface area contributed by atoms with E-state index in [0.717, 1.165) is 29.9 Å². The van der Waals surface area contributed by atoms with Crippen LogP contribution in [0.25, 0.3) is 0 Å². The second-order valence-corrected chi connectivity index (χ2v) is 7.68. The van der Waals surface area contributed by atoms with Crippen molar-refractivity contribution in [1.82, 2.24) is 5.32 Å². The van der Waals surface area contributed by atoms with Crippen molar-refractivity contribution < 1.29 is 14.3 Å². The molecule has 3 rings (SSSR count). The first kappa shape index (κ1) is 20.2. The van der Waals surface area contributed by atoms with Gasteiger partial charge in [-0.25, -0.2) is 0 Å². The van der Waals surface area contributed by atoms with Gasteiger partial charge in [-0.2, -0.15) is 0 Å². The predicted octanol–water partition coefficient (Wildman–Crippen LogP) is 4.83. The summed E-state index contributed by atoms with van der Waals surface area (Å²) in [4.78, 5) is 12.6. The fourth-order valence-corrected chi connectivity index (χ4v) is 3.53. The molecule has 2 aromatic carbocycles. The van der Waals surface area contributed by atoms with Gasteiger partial charge in [0.05, 0.1) is 6.10 Å². The number of carbonyl (C=O) groups is 1. The summed E-state index contributed by atoms with van der Waals surface area (Å²) in [5.41, 5.74) is 3.82. The van der Waals surface area contributed by atoms with Gasteiger partial charge in [-0.3, -0.25) is 4.79 Å². The molecule has 1 amide bonds. The lowest BCUT2D eigenvalue weighted by molar-refractivity contribution is -0.128. The monoisotopic (exact) mass is 381 g/mol. The molecule has 0 bridgehead atoms. The minimum Gasteiger partial charge on any atom is -0.491 e. The van der Waals surface area contributed by atoms with Crippen molar-refractivity contribution in [2.75, 3.05) is 0 Å². The van der Waals surface area contributed by atoms with Gasteiger partial charge in [0.15, 0.2) is 6.10 Å². The Morgan fingerprint density at radius 3 is 2.32 bits per heavy atom. The third-order valence-corrected chi connectivity index (χ3v) is 5.02. The molecule has 0 radical (unpaired) electrons. The maximum atomic E-state index is 12.6. The van der Waals surface area contributed by atoms with Crippen LogP contribution in [0.15, 0.2) is 42.5 Å². The topological polar surface area (TPSA) is 47.6 Å². The zero-order valence-electron chi connectivity index (χ0n) is 17.2. The van der Waals surface area contributed by atoms with E-state index in [2.05, 4.69) is 17.4 Å². The van der Waals surface area contributed by atoms with E-state index in [4.69, 9.17) is 9.47 Å². The van der Waals surface area contributed by atoms with Crippen LogP contribution in [0.2, 0.25) is 0 Å². The van der Waals surface area contributed by atoms with Crippen molar-refractivity contribution in [2.45, 2.75) is 71.6 Å². The first-order chi connectivity index (χ1) is 13.5. The molecule has 2 aromatic rings. The first-order valence-electron chi connectivity index (χ1n) is 10.4. The minimum absolute atomic E-state index is 0.0808. The van der Waals surface area contributed by atoms with Crippen molar-refractivity contribution in [3.63, 3.8) is 0 Å². The normalized spacial score (nSPS) is 14.3. The van der Waals surface area contributed by atoms with Gasteiger partial charge >= 0.3 is 0 Å². The van der Waals surface area contributed by atoms with Crippen molar-refractivity contribution in [1.29, 1.82) is 0 Å². The second kappa shape index (κ2) is 9.63. The zero-order valence-corrected chi connectivity index (χ0v) is 17.2. The second-order valence-electron chi connectivity index (χ2n) is 7.68. The van der Waals surface area contributed by atoms with Crippen LogP contribution in [-0.4, -0.2) is 18.1 Å². The number of nitrogens with one attached hydrogen (secondary N) is 1. The lowest BCUT2D eigenvalue weighted by Crippen LogP contribution is -2.37. The molecule has 0 unspecified atom stereocenters. The number of benzene rings is 2. The Morgan fingerprint density at radius 2 is 1.64 bits per heavy atom. The van der Waals surface area contributed by atoms with Crippen LogP contribution in [0.1, 0.15) is 56.7 Å². The zero-order chi connectivity index (χ0) is 19.9. The minimum atomic E-state index is -0.481. The van der Waals surface area contributed by atoms with Gasteiger partial charge in [0, 0.05) is 6.54 Å². The van der Waals surface area contributed by atoms with Crippen LogP contribution in [-0.2, 0) is 24.2 Å². The third-order valence-electron chi connectivity index (χ3n) is 5.02. The van der Waals surface area contributed by atoms with Gasteiger partial charge in [-0.15, -0.1) is 0 Å². The Labute approximate surface area is 168 Å². The van der Waals surface area contributed by atoms with Gasteiger partial charge in [-0.1, -0.05) is 25.1 Å². The number of carbonyl (C=O) groups excluding carboxylic acids is 1. The molecular weight excluding hydrogens is 350 g/mol. The predicted molar refractivity (Wildman–Crippen MR) is 112 cm³/mol. The van der Waals surface area contributed by atoms with Crippen LogP contribution in [0.3, 0.4) is 0 Å². The number of aryl methyl sites for hydroxylation is 2. The van der Waals surface area contributed by atoms with Gasteiger partial charge in [-0.05, 0) is 86.9 Å². The Morgan fingerprint density at radius 1 is 0.964 bits per heavy atom. The van der Waals surface area contributed by atoms with E-state index in [1.54, 1.807) is 0 Å². The quantitative estimate of drug-likeness (QED) is 0.713. The summed E-state index contributed by atoms with van der Waals surface area (Å²) in [6, 6.07) is 14.1. The number of hydrogen-bond donors (Lipinski definition) is 1. The average molecular weight is 382 g/mol. The van der Waals surface area contributed by atoms with Gasteiger partial charge in [0.25, 0.3) is 5.91 Å². The number of fused-ring (bicyclic) bond motifs is 1. The largest absolute Gasteiger partial charge is 0.491 e. The molecule has 0 saturated heterocycles. The Balaban J connectivity index is 1.55. The van der Waals surface area contributed by atoms with Crippen LogP contribution in [0.5, 0.6) is 11.5 Å². The molecule has 0 aliphatic heterocycles. The van der Waals surface area contributed by atoms with E-state index >= 15 is 0 Å². The number of rotatable bonds is 8. The number of ether oxygens (including phenoxy) is 2. The van der Waals surface area contributed by atoms with E-state index in [-0.39, 0.29) is 12.0 Å². The maximum Gasteiger partial charge on any atom is 0.261 e. The van der Waals surface area contributed by atoms with E-state index in [1.165, 1.54) is 24.0 Å². The van der Waals surface area contributed by atoms with E-state index in [1.807, 2.05) is 51.1 Å². The number of amides is 1. The molecule has 4 heteroatoms. The Hall–Kier alpha value is -2.49. The lowest BCUT2D eigenvalue weighted by Gasteiger charge is -2.20. The summed E-state index contributed by atoms with van der Waals surface area (Å²) < 4.78 is 11.7. The van der Waals surface area contributed by atoms with Gasteiger partial charge < -0.3 is 14.8 Å². The highest BCUT2D eigenvalue weighted by molar-refractivity contribution is 5.81. The van der Waals surface area contributed by atoms with Crippen molar-refractivity contribution in [3.05, 3.63) is 59.2 Å². The molecule has 1 N–H and O–H groups in total. The molecule has 0 fully saturated rings. The standard InChI is InChI=1S/C24H31NO3/c1-4-23(28-22-14-11-19-7-5-6-8-20(19)15-22)24(26)25-16-18-9-12-21(13-10-18)27-17(2)3/h9-15,17,23H,4-8,16H2,1-3H3,(H,25,26)/t23-/m1/s1. The Kier molecular flexibility index (Phi) is 6.96. The average Bonchev–Trinajstić information content (AvgIpc) is 2.70. The molecular formula is C24H31NO3. The third kappa shape index (κ3) is 5.51. The highest BCUT2D eigenvalue weighted by Crippen LogP contribution is 2.26. The smallest absolute Gasteiger partial charge is 0.261 e. The molecule has 4 nitrogen and oxygen atoms in total. The first-order valence-corrected chi connectivity index (χ1v) is 10.4. The number of hydrogen-bond acceptors (Lipinski definition) is 3. The SMILES string of the molecule is CC[C@@H](Oc1ccc2c(c1)CCCC2)C(=O)NCc1ccc(OC(C)C)cc1. The summed E-state index contributed by atoms with van der Waals surface area (Å²) in [6.07, 6.45) is 5.04. The van der Waals surface area contributed by atoms with Crippen LogP contribution < -0.4 is 14.8 Å². The molecule has 1 aliphatic carbocycles. The highest BCUT2D eigenvalue weighted by atomic mass is 16.5. The molecule has 1 aliphatic rings. The molecule has 150 valence electrons. The summed E-state index contributed by atoms with van der Waals surface area (Å²) in [7, 11) is 0. The van der Waals surface area contributed by atoms with Crippen molar-refractivity contribution in [3.8, 4) is 11.5 Å². The van der Waals surface area contributed by atoms with Crippen molar-refractivity contribution >= 4 is 5.91 Å². The summed E-state index contributed by atoms with van der Waals surface area (Å²) in [6.45, 7) is 6.45. The summed E-state index contributed by atoms with van der Waals surface area (Å²) in [5, 5.41) is 2.99. The summed E-state index contributed by atoms with van der Waals surface area (Å²) in [5.74, 6) is 1.55. The highest BCUT2D eigenvalue weighted by Gasteiger charge is 2.19. The maximum absolute atomic E-state index is 12.6. The fraction of sp³-hybridized carbons (Fsp3) is 0.458. The molecule has 28 heavy (non-hydrogen) atoms. The van der Waals surface area contributed by atoms with E-state index in [0.29, 0.717) is 13.0 Å². The van der Waals surface area contributed by atoms with Crippen LogP contribution in [0, 0.1) is 0 Å². The summed E-state index contributed by atoms with van der Waals surface area (Å²) >= 11 is 0. The fourth-order valence-electron chi connectivity index (χ4n) is 3.53. The van der Waals surface area contributed by atoms with Gasteiger partial charge in [0.2, 0.25) is 0 Å².